The summed E-state index contributed by atoms with van der Waals surface area (Å²) in [5, 5.41) is 3.73. The number of hydrogen-bond donors (Lipinski definition) is 1. The zero-order valence-electron chi connectivity index (χ0n) is 13.0. The van der Waals surface area contributed by atoms with Gasteiger partial charge in [0.2, 0.25) is 0 Å². The zero-order chi connectivity index (χ0) is 15.8. The fourth-order valence-corrected chi connectivity index (χ4v) is 2.10. The van der Waals surface area contributed by atoms with E-state index < -0.39 is 0 Å². The van der Waals surface area contributed by atoms with Crippen molar-refractivity contribution in [3.05, 3.63) is 70.9 Å². The first-order valence-electron chi connectivity index (χ1n) is 7.55. The molecule has 0 saturated carbocycles. The van der Waals surface area contributed by atoms with Crippen LogP contribution in [-0.4, -0.2) is 13.1 Å². The van der Waals surface area contributed by atoms with Gasteiger partial charge in [0, 0.05) is 11.6 Å². The molecule has 3 nitrogen and oxygen atoms in total. The van der Waals surface area contributed by atoms with Gasteiger partial charge in [0.15, 0.2) is 5.43 Å². The van der Waals surface area contributed by atoms with Gasteiger partial charge in [0.1, 0.15) is 11.3 Å². The lowest BCUT2D eigenvalue weighted by molar-refractivity contribution is 0.619. The number of hydrogen-bond acceptors (Lipinski definition) is 3. The minimum Gasteiger partial charge on any atom is -0.456 e. The highest BCUT2D eigenvalue weighted by Crippen LogP contribution is 2.21. The maximum absolute atomic E-state index is 11.9. The van der Waals surface area contributed by atoms with Crippen LogP contribution < -0.4 is 10.7 Å². The van der Waals surface area contributed by atoms with Gasteiger partial charge >= 0.3 is 0 Å². The van der Waals surface area contributed by atoms with Crippen LogP contribution in [0.15, 0.2) is 69.9 Å². The Kier molecular flexibility index (Phi) is 5.92. The van der Waals surface area contributed by atoms with Crippen molar-refractivity contribution in [1.82, 2.24) is 5.32 Å². The lowest BCUT2D eigenvalue weighted by Gasteiger charge is -2.02. The molecule has 3 aromatic rings. The predicted octanol–water partition coefficient (Wildman–Crippen LogP) is 4.08. The van der Waals surface area contributed by atoms with Gasteiger partial charge < -0.3 is 9.73 Å². The molecular formula is C19H21NO2. The van der Waals surface area contributed by atoms with Crippen molar-refractivity contribution < 1.29 is 4.42 Å². The molecule has 0 bridgehead atoms. The SMILES string of the molecule is CCNCC.O=c1cc(-c2ccccc2)oc2ccccc12. The summed E-state index contributed by atoms with van der Waals surface area (Å²) in [7, 11) is 0. The van der Waals surface area contributed by atoms with Crippen LogP contribution in [0.25, 0.3) is 22.3 Å². The van der Waals surface area contributed by atoms with Gasteiger partial charge in [0.25, 0.3) is 0 Å². The quantitative estimate of drug-likeness (QED) is 0.792. The fourth-order valence-electron chi connectivity index (χ4n) is 2.10. The molecule has 0 atom stereocenters. The van der Waals surface area contributed by atoms with Crippen molar-refractivity contribution in [3.8, 4) is 11.3 Å². The first-order chi connectivity index (χ1) is 10.8. The largest absolute Gasteiger partial charge is 0.456 e. The molecule has 0 spiro atoms. The van der Waals surface area contributed by atoms with E-state index in [9.17, 15) is 4.79 Å². The lowest BCUT2D eigenvalue weighted by Crippen LogP contribution is -2.09. The van der Waals surface area contributed by atoms with E-state index in [1.807, 2.05) is 48.5 Å². The monoisotopic (exact) mass is 295 g/mol. The first-order valence-corrected chi connectivity index (χ1v) is 7.55. The van der Waals surface area contributed by atoms with Crippen LogP contribution in [0.1, 0.15) is 13.8 Å². The van der Waals surface area contributed by atoms with Crippen molar-refractivity contribution >= 4 is 11.0 Å². The average Bonchev–Trinajstić information content (AvgIpc) is 2.57. The average molecular weight is 295 g/mol. The Bertz CT molecular complexity index is 761. The number of para-hydroxylation sites is 1. The Morgan fingerprint density at radius 1 is 0.909 bits per heavy atom. The molecule has 1 heterocycles. The van der Waals surface area contributed by atoms with Gasteiger partial charge in [-0.25, -0.2) is 0 Å². The third-order valence-corrected chi connectivity index (χ3v) is 3.19. The summed E-state index contributed by atoms with van der Waals surface area (Å²) in [6.07, 6.45) is 0. The summed E-state index contributed by atoms with van der Waals surface area (Å²) in [4.78, 5) is 11.9. The van der Waals surface area contributed by atoms with Crippen molar-refractivity contribution in [2.24, 2.45) is 0 Å². The van der Waals surface area contributed by atoms with E-state index in [1.165, 1.54) is 6.07 Å². The number of nitrogens with one attached hydrogen (secondary N) is 1. The zero-order valence-corrected chi connectivity index (χ0v) is 13.0. The lowest BCUT2D eigenvalue weighted by atomic mass is 10.1. The molecule has 0 saturated heterocycles. The smallest absolute Gasteiger partial charge is 0.193 e. The van der Waals surface area contributed by atoms with E-state index in [-0.39, 0.29) is 5.43 Å². The minimum atomic E-state index is -0.00861. The van der Waals surface area contributed by atoms with Gasteiger partial charge in [0.05, 0.1) is 5.39 Å². The van der Waals surface area contributed by atoms with Crippen LogP contribution in [-0.2, 0) is 0 Å². The van der Waals surface area contributed by atoms with Crippen molar-refractivity contribution in [1.29, 1.82) is 0 Å². The van der Waals surface area contributed by atoms with E-state index in [4.69, 9.17) is 4.42 Å². The Labute approximate surface area is 130 Å². The highest BCUT2D eigenvalue weighted by molar-refractivity contribution is 5.78. The van der Waals surface area contributed by atoms with Crippen LogP contribution in [0.3, 0.4) is 0 Å². The van der Waals surface area contributed by atoms with Crippen LogP contribution in [0, 0.1) is 0 Å². The Morgan fingerprint density at radius 3 is 2.18 bits per heavy atom. The summed E-state index contributed by atoms with van der Waals surface area (Å²) < 4.78 is 5.73. The molecule has 3 rings (SSSR count). The minimum absolute atomic E-state index is 0.00861. The number of benzene rings is 2. The van der Waals surface area contributed by atoms with Crippen molar-refractivity contribution in [3.63, 3.8) is 0 Å². The Balaban J connectivity index is 0.000000309. The highest BCUT2D eigenvalue weighted by Gasteiger charge is 2.05. The molecule has 1 N–H and O–H groups in total. The molecule has 2 aromatic carbocycles. The summed E-state index contributed by atoms with van der Waals surface area (Å²) in [5.74, 6) is 0.606. The third-order valence-electron chi connectivity index (χ3n) is 3.19. The molecule has 0 aliphatic heterocycles. The second kappa shape index (κ2) is 8.15. The Morgan fingerprint density at radius 2 is 1.55 bits per heavy atom. The molecule has 1 aromatic heterocycles. The van der Waals surface area contributed by atoms with Crippen molar-refractivity contribution in [2.45, 2.75) is 13.8 Å². The van der Waals surface area contributed by atoms with Gasteiger partial charge in [-0.3, -0.25) is 4.79 Å². The third kappa shape index (κ3) is 4.06. The van der Waals surface area contributed by atoms with Crippen LogP contribution in [0.2, 0.25) is 0 Å². The highest BCUT2D eigenvalue weighted by atomic mass is 16.3. The summed E-state index contributed by atoms with van der Waals surface area (Å²) in [6.45, 7) is 6.39. The standard InChI is InChI=1S/C15H10O2.C4H11N/c16-13-10-15(11-6-2-1-3-7-11)17-14-9-5-4-8-12(13)14;1-3-5-4-2/h1-10H;5H,3-4H2,1-2H3. The summed E-state index contributed by atoms with van der Waals surface area (Å²) in [6, 6.07) is 18.4. The second-order valence-electron chi connectivity index (χ2n) is 4.79. The second-order valence-corrected chi connectivity index (χ2v) is 4.79. The van der Waals surface area contributed by atoms with E-state index >= 15 is 0 Å². The van der Waals surface area contributed by atoms with Crippen LogP contribution in [0.4, 0.5) is 0 Å². The van der Waals surface area contributed by atoms with Crippen LogP contribution >= 0.6 is 0 Å². The molecule has 22 heavy (non-hydrogen) atoms. The van der Waals surface area contributed by atoms with E-state index in [2.05, 4.69) is 19.2 Å². The van der Waals surface area contributed by atoms with Gasteiger partial charge in [-0.1, -0.05) is 56.3 Å². The molecule has 0 radical (unpaired) electrons. The molecule has 0 fully saturated rings. The number of fused-ring (bicyclic) bond motifs is 1. The molecule has 0 aliphatic carbocycles. The van der Waals surface area contributed by atoms with Gasteiger partial charge in [-0.05, 0) is 25.2 Å². The number of rotatable bonds is 3. The van der Waals surface area contributed by atoms with Gasteiger partial charge in [-0.15, -0.1) is 0 Å². The molecule has 0 unspecified atom stereocenters. The molecule has 3 heteroatoms. The normalized spacial score (nSPS) is 10.1. The summed E-state index contributed by atoms with van der Waals surface area (Å²) in [5.41, 5.74) is 1.53. The first kappa shape index (κ1) is 16.0. The molecular weight excluding hydrogens is 274 g/mol. The fraction of sp³-hybridized carbons (Fsp3) is 0.211. The van der Waals surface area contributed by atoms with Gasteiger partial charge in [-0.2, -0.15) is 0 Å². The topological polar surface area (TPSA) is 42.2 Å². The Hall–Kier alpha value is -2.39. The van der Waals surface area contributed by atoms with E-state index in [0.29, 0.717) is 16.7 Å². The molecule has 114 valence electrons. The maximum atomic E-state index is 11.9. The molecule has 0 aliphatic rings. The van der Waals surface area contributed by atoms with Crippen LogP contribution in [0.5, 0.6) is 0 Å². The van der Waals surface area contributed by atoms with E-state index in [1.54, 1.807) is 6.07 Å². The maximum Gasteiger partial charge on any atom is 0.193 e. The predicted molar refractivity (Wildman–Crippen MR) is 92.1 cm³/mol. The van der Waals surface area contributed by atoms with E-state index in [0.717, 1.165) is 18.7 Å². The summed E-state index contributed by atoms with van der Waals surface area (Å²) >= 11 is 0. The molecule has 0 amide bonds. The van der Waals surface area contributed by atoms with Crippen molar-refractivity contribution in [2.75, 3.05) is 13.1 Å².